The van der Waals surface area contributed by atoms with Gasteiger partial charge in [-0.25, -0.2) is 4.39 Å². The zero-order chi connectivity index (χ0) is 24.3. The first-order valence-electron chi connectivity index (χ1n) is 11.0. The third-order valence-corrected chi connectivity index (χ3v) is 5.53. The molecular formula is C26H31FN2O4. The van der Waals surface area contributed by atoms with Crippen LogP contribution in [0.25, 0.3) is 5.76 Å². The van der Waals surface area contributed by atoms with Crippen LogP contribution in [0.3, 0.4) is 0 Å². The number of amides is 1. The standard InChI is InChI=1S/C26H31FN2O4/c1-16(2)15-33-21-11-8-19(14-17(21)3)24(30)22-23(18-6-9-20(27)10-7-18)29(13-12-28(4)5)26(32)25(22)31/h6-11,14,16,23,30H,12-13,15H2,1-5H3/b24-22+/t23-/m0/s1. The predicted molar refractivity (Wildman–Crippen MR) is 125 cm³/mol. The van der Waals surface area contributed by atoms with Crippen molar-refractivity contribution in [2.24, 2.45) is 5.92 Å². The minimum absolute atomic E-state index is 0.000568. The van der Waals surface area contributed by atoms with Crippen molar-refractivity contribution in [3.05, 3.63) is 70.5 Å². The zero-order valence-electron chi connectivity index (χ0n) is 19.8. The lowest BCUT2D eigenvalue weighted by atomic mass is 9.94. The van der Waals surface area contributed by atoms with Gasteiger partial charge in [0.2, 0.25) is 0 Å². The molecule has 0 saturated carbocycles. The van der Waals surface area contributed by atoms with Crippen molar-refractivity contribution in [1.82, 2.24) is 9.80 Å². The second-order valence-corrected chi connectivity index (χ2v) is 9.03. The first-order chi connectivity index (χ1) is 15.6. The molecule has 1 amide bonds. The summed E-state index contributed by atoms with van der Waals surface area (Å²) in [6, 6.07) is 10.0. The van der Waals surface area contributed by atoms with Gasteiger partial charge in [-0.1, -0.05) is 26.0 Å². The van der Waals surface area contributed by atoms with Crippen LogP contribution in [-0.4, -0.2) is 60.4 Å². The normalized spacial score (nSPS) is 17.9. The maximum Gasteiger partial charge on any atom is 0.295 e. The number of hydrogen-bond acceptors (Lipinski definition) is 5. The highest BCUT2D eigenvalue weighted by Gasteiger charge is 2.45. The van der Waals surface area contributed by atoms with Crippen molar-refractivity contribution in [1.29, 1.82) is 0 Å². The summed E-state index contributed by atoms with van der Waals surface area (Å²) in [5.74, 6) is -1.04. The number of hydrogen-bond donors (Lipinski definition) is 1. The first-order valence-corrected chi connectivity index (χ1v) is 11.0. The topological polar surface area (TPSA) is 70.1 Å². The van der Waals surface area contributed by atoms with Crippen LogP contribution in [0, 0.1) is 18.7 Å². The molecular weight excluding hydrogens is 423 g/mol. The molecule has 1 N–H and O–H groups in total. The summed E-state index contributed by atoms with van der Waals surface area (Å²) in [6.45, 7) is 7.36. The summed E-state index contributed by atoms with van der Waals surface area (Å²) < 4.78 is 19.4. The van der Waals surface area contributed by atoms with Gasteiger partial charge < -0.3 is 19.6 Å². The number of aryl methyl sites for hydroxylation is 1. The Morgan fingerprint density at radius 1 is 1.15 bits per heavy atom. The van der Waals surface area contributed by atoms with Gasteiger partial charge in [-0.15, -0.1) is 0 Å². The maximum absolute atomic E-state index is 13.6. The largest absolute Gasteiger partial charge is 0.507 e. The van der Waals surface area contributed by atoms with E-state index in [0.717, 1.165) is 5.56 Å². The quantitative estimate of drug-likeness (QED) is 0.369. The number of likely N-dealkylation sites (N-methyl/N-ethyl adjacent to an activating group) is 1. The van der Waals surface area contributed by atoms with Crippen LogP contribution < -0.4 is 4.74 Å². The Labute approximate surface area is 194 Å². The monoisotopic (exact) mass is 454 g/mol. The van der Waals surface area contributed by atoms with Crippen LogP contribution in [0.15, 0.2) is 48.0 Å². The molecule has 0 unspecified atom stereocenters. The molecule has 1 saturated heterocycles. The van der Waals surface area contributed by atoms with E-state index in [1.807, 2.05) is 25.9 Å². The fraction of sp³-hybridized carbons (Fsp3) is 0.385. The molecule has 1 atom stereocenters. The molecule has 0 aromatic heterocycles. The highest BCUT2D eigenvalue weighted by atomic mass is 19.1. The fourth-order valence-electron chi connectivity index (χ4n) is 3.78. The zero-order valence-corrected chi connectivity index (χ0v) is 19.8. The second-order valence-electron chi connectivity index (χ2n) is 9.03. The molecule has 0 radical (unpaired) electrons. The van der Waals surface area contributed by atoms with Gasteiger partial charge in [0.25, 0.3) is 11.7 Å². The van der Waals surface area contributed by atoms with E-state index in [1.165, 1.54) is 29.2 Å². The van der Waals surface area contributed by atoms with E-state index in [0.29, 0.717) is 35.9 Å². The lowest BCUT2D eigenvalue weighted by molar-refractivity contribution is -0.140. The Morgan fingerprint density at radius 3 is 2.39 bits per heavy atom. The van der Waals surface area contributed by atoms with Gasteiger partial charge >= 0.3 is 0 Å². The Kier molecular flexibility index (Phi) is 7.53. The lowest BCUT2D eigenvalue weighted by Crippen LogP contribution is -2.35. The number of Topliss-reactive ketones (excluding diaryl/α,β-unsaturated/α-hetero) is 1. The van der Waals surface area contributed by atoms with Gasteiger partial charge in [-0.05, 0) is 68.4 Å². The van der Waals surface area contributed by atoms with Crippen LogP contribution in [0.5, 0.6) is 5.75 Å². The van der Waals surface area contributed by atoms with Gasteiger partial charge in [-0.2, -0.15) is 0 Å². The van der Waals surface area contributed by atoms with Gasteiger partial charge in [0.1, 0.15) is 17.3 Å². The minimum atomic E-state index is -0.803. The van der Waals surface area contributed by atoms with Gasteiger partial charge in [-0.3, -0.25) is 9.59 Å². The average molecular weight is 455 g/mol. The number of carbonyl (C=O) groups is 2. The summed E-state index contributed by atoms with van der Waals surface area (Å²) in [5, 5.41) is 11.2. The molecule has 1 fully saturated rings. The highest BCUT2D eigenvalue weighted by Crippen LogP contribution is 2.39. The Balaban J connectivity index is 2.06. The van der Waals surface area contributed by atoms with Gasteiger partial charge in [0.05, 0.1) is 18.2 Å². The van der Waals surface area contributed by atoms with Crippen LogP contribution >= 0.6 is 0 Å². The number of rotatable bonds is 8. The number of halogens is 1. The number of ketones is 1. The molecule has 1 heterocycles. The van der Waals surface area contributed by atoms with Crippen LogP contribution in [-0.2, 0) is 9.59 Å². The molecule has 6 nitrogen and oxygen atoms in total. The molecule has 1 aliphatic rings. The van der Waals surface area contributed by atoms with E-state index in [4.69, 9.17) is 4.74 Å². The van der Waals surface area contributed by atoms with Crippen LogP contribution in [0.1, 0.15) is 36.6 Å². The van der Waals surface area contributed by atoms with E-state index in [9.17, 15) is 19.1 Å². The first kappa shape index (κ1) is 24.5. The molecule has 1 aliphatic heterocycles. The van der Waals surface area contributed by atoms with Gasteiger partial charge in [0, 0.05) is 18.7 Å². The molecule has 0 spiro atoms. The highest BCUT2D eigenvalue weighted by molar-refractivity contribution is 6.46. The third kappa shape index (κ3) is 5.42. The van der Waals surface area contributed by atoms with Crippen molar-refractivity contribution in [3.8, 4) is 5.75 Å². The number of ether oxygens (including phenoxy) is 1. The number of aliphatic hydroxyl groups excluding tert-OH is 1. The fourth-order valence-corrected chi connectivity index (χ4v) is 3.78. The molecule has 176 valence electrons. The molecule has 2 aromatic rings. The number of nitrogens with zero attached hydrogens (tertiary/aromatic N) is 2. The molecule has 33 heavy (non-hydrogen) atoms. The molecule has 0 aliphatic carbocycles. The molecule has 7 heteroatoms. The average Bonchev–Trinajstić information content (AvgIpc) is 3.01. The van der Waals surface area contributed by atoms with Crippen molar-refractivity contribution in [3.63, 3.8) is 0 Å². The summed E-state index contributed by atoms with van der Waals surface area (Å²) in [6.07, 6.45) is 0. The smallest absolute Gasteiger partial charge is 0.295 e. The van der Waals surface area contributed by atoms with Crippen molar-refractivity contribution in [2.45, 2.75) is 26.8 Å². The van der Waals surface area contributed by atoms with E-state index < -0.39 is 23.5 Å². The Morgan fingerprint density at radius 2 is 1.82 bits per heavy atom. The van der Waals surface area contributed by atoms with Crippen molar-refractivity contribution < 1.29 is 23.8 Å². The van der Waals surface area contributed by atoms with E-state index in [-0.39, 0.29) is 17.9 Å². The van der Waals surface area contributed by atoms with E-state index >= 15 is 0 Å². The second kappa shape index (κ2) is 10.2. The summed E-state index contributed by atoms with van der Waals surface area (Å²) in [7, 11) is 3.74. The minimum Gasteiger partial charge on any atom is -0.507 e. The number of aliphatic hydroxyl groups is 1. The molecule has 3 rings (SSSR count). The van der Waals surface area contributed by atoms with Crippen LogP contribution in [0.4, 0.5) is 4.39 Å². The van der Waals surface area contributed by atoms with Crippen molar-refractivity contribution >= 4 is 17.4 Å². The summed E-state index contributed by atoms with van der Waals surface area (Å²) >= 11 is 0. The van der Waals surface area contributed by atoms with Gasteiger partial charge in [0.15, 0.2) is 0 Å². The lowest BCUT2D eigenvalue weighted by Gasteiger charge is -2.26. The van der Waals surface area contributed by atoms with Crippen molar-refractivity contribution in [2.75, 3.05) is 33.8 Å². The third-order valence-electron chi connectivity index (χ3n) is 5.53. The summed E-state index contributed by atoms with van der Waals surface area (Å²) in [4.78, 5) is 29.3. The SMILES string of the molecule is Cc1cc(/C(O)=C2\C(=O)C(=O)N(CCN(C)C)[C@H]2c2ccc(F)cc2)ccc1OCC(C)C. The molecule has 2 aromatic carbocycles. The number of benzene rings is 2. The number of likely N-dealkylation sites (tertiary alicyclic amines) is 1. The maximum atomic E-state index is 13.6. The summed E-state index contributed by atoms with van der Waals surface area (Å²) in [5.41, 5.74) is 1.78. The predicted octanol–water partition coefficient (Wildman–Crippen LogP) is 4.15. The van der Waals surface area contributed by atoms with E-state index in [2.05, 4.69) is 13.8 Å². The van der Waals surface area contributed by atoms with Crippen LogP contribution in [0.2, 0.25) is 0 Å². The molecule has 0 bridgehead atoms. The Hall–Kier alpha value is -3.19. The Bertz CT molecular complexity index is 1060. The van der Waals surface area contributed by atoms with E-state index in [1.54, 1.807) is 18.2 Å². The number of carbonyl (C=O) groups excluding carboxylic acids is 2.